The van der Waals surface area contributed by atoms with Crippen LogP contribution in [-0.2, 0) is 6.42 Å². The molecule has 0 fully saturated rings. The summed E-state index contributed by atoms with van der Waals surface area (Å²) in [5.74, 6) is 1.34. The van der Waals surface area contributed by atoms with Crippen LogP contribution in [0.4, 0.5) is 11.4 Å². The fraction of sp³-hybridized carbons (Fsp3) is 0.375. The molecule has 0 amide bonds. The molecule has 1 heterocycles. The van der Waals surface area contributed by atoms with Gasteiger partial charge < -0.3 is 20.1 Å². The third kappa shape index (κ3) is 3.42. The lowest BCUT2D eigenvalue weighted by atomic mass is 10.1. The van der Waals surface area contributed by atoms with Gasteiger partial charge in [-0.2, -0.15) is 0 Å². The molecule has 0 aliphatic rings. The van der Waals surface area contributed by atoms with Gasteiger partial charge in [-0.3, -0.25) is 0 Å². The molecule has 4 nitrogen and oxygen atoms in total. The first kappa shape index (κ1) is 15.5. The monoisotopic (exact) mass is 306 g/mol. The number of hydrogen-bond acceptors (Lipinski definition) is 5. The third-order valence-corrected chi connectivity index (χ3v) is 4.55. The van der Waals surface area contributed by atoms with E-state index in [0.717, 1.165) is 12.1 Å². The van der Waals surface area contributed by atoms with Crippen molar-refractivity contribution in [3.05, 3.63) is 34.5 Å². The van der Waals surface area contributed by atoms with E-state index in [-0.39, 0.29) is 0 Å². The van der Waals surface area contributed by atoms with Crippen LogP contribution in [0.2, 0.25) is 0 Å². The fourth-order valence-electron chi connectivity index (χ4n) is 2.28. The number of ether oxygens (including phenoxy) is 2. The van der Waals surface area contributed by atoms with Crippen molar-refractivity contribution in [3.8, 4) is 11.5 Å². The second kappa shape index (κ2) is 6.72. The lowest BCUT2D eigenvalue weighted by molar-refractivity contribution is 0.355. The first-order valence-corrected chi connectivity index (χ1v) is 7.71. The summed E-state index contributed by atoms with van der Waals surface area (Å²) in [7, 11) is 5.29. The zero-order valence-corrected chi connectivity index (χ0v) is 13.7. The predicted molar refractivity (Wildman–Crippen MR) is 89.8 cm³/mol. The highest BCUT2D eigenvalue weighted by Crippen LogP contribution is 2.37. The van der Waals surface area contributed by atoms with Crippen molar-refractivity contribution < 1.29 is 9.47 Å². The van der Waals surface area contributed by atoms with Gasteiger partial charge in [-0.25, -0.2) is 0 Å². The van der Waals surface area contributed by atoms with E-state index < -0.39 is 0 Å². The minimum atomic E-state index is 0.337. The summed E-state index contributed by atoms with van der Waals surface area (Å²) < 4.78 is 10.6. The largest absolute Gasteiger partial charge is 0.493 e. The Labute approximate surface area is 130 Å². The van der Waals surface area contributed by atoms with E-state index in [0.29, 0.717) is 23.2 Å². The first-order chi connectivity index (χ1) is 10.1. The van der Waals surface area contributed by atoms with Gasteiger partial charge in [0.15, 0.2) is 11.5 Å². The number of methoxy groups -OCH3 is 2. The Kier molecular flexibility index (Phi) is 4.96. The Balaban J connectivity index is 2.23. The van der Waals surface area contributed by atoms with E-state index in [1.54, 1.807) is 25.6 Å². The minimum absolute atomic E-state index is 0.337. The van der Waals surface area contributed by atoms with Crippen molar-refractivity contribution in [3.63, 3.8) is 0 Å². The molecule has 0 spiro atoms. The van der Waals surface area contributed by atoms with E-state index in [2.05, 4.69) is 36.4 Å². The van der Waals surface area contributed by atoms with E-state index in [1.807, 2.05) is 12.1 Å². The summed E-state index contributed by atoms with van der Waals surface area (Å²) in [6, 6.07) is 8.32. The van der Waals surface area contributed by atoms with Crippen LogP contribution < -0.4 is 20.1 Å². The van der Waals surface area contributed by atoms with Crippen molar-refractivity contribution in [1.82, 2.24) is 0 Å². The SMILES string of the molecule is COc1cc(N)c(N(C)C(C)Cc2cccs2)cc1OC. The third-order valence-electron chi connectivity index (χ3n) is 3.65. The summed E-state index contributed by atoms with van der Waals surface area (Å²) >= 11 is 1.78. The molecule has 1 aromatic carbocycles. The van der Waals surface area contributed by atoms with Crippen molar-refractivity contribution in [2.24, 2.45) is 0 Å². The molecule has 21 heavy (non-hydrogen) atoms. The second-order valence-electron chi connectivity index (χ2n) is 5.01. The number of nitrogen functional groups attached to an aromatic ring is 1. The fourth-order valence-corrected chi connectivity index (χ4v) is 3.11. The van der Waals surface area contributed by atoms with Gasteiger partial charge in [-0.1, -0.05) is 6.07 Å². The highest BCUT2D eigenvalue weighted by molar-refractivity contribution is 7.09. The van der Waals surface area contributed by atoms with Crippen LogP contribution in [0.5, 0.6) is 11.5 Å². The molecule has 1 unspecified atom stereocenters. The molecule has 0 aliphatic heterocycles. The van der Waals surface area contributed by atoms with Crippen molar-refractivity contribution in [2.75, 3.05) is 31.9 Å². The number of rotatable bonds is 6. The van der Waals surface area contributed by atoms with Gasteiger partial charge in [0.2, 0.25) is 0 Å². The van der Waals surface area contributed by atoms with E-state index in [9.17, 15) is 0 Å². The Bertz CT molecular complexity index is 584. The normalized spacial score (nSPS) is 12.0. The van der Waals surface area contributed by atoms with Crippen molar-refractivity contribution >= 4 is 22.7 Å². The predicted octanol–water partition coefficient (Wildman–Crippen LogP) is 3.41. The number of nitrogens with zero attached hydrogens (tertiary/aromatic N) is 1. The average Bonchev–Trinajstić information content (AvgIpc) is 2.99. The molecule has 0 aliphatic carbocycles. The van der Waals surface area contributed by atoms with Gasteiger partial charge in [0, 0.05) is 36.5 Å². The Hall–Kier alpha value is -1.88. The maximum Gasteiger partial charge on any atom is 0.162 e. The molecule has 2 rings (SSSR count). The second-order valence-corrected chi connectivity index (χ2v) is 6.04. The van der Waals surface area contributed by atoms with Crippen LogP contribution in [0.1, 0.15) is 11.8 Å². The van der Waals surface area contributed by atoms with Crippen LogP contribution >= 0.6 is 11.3 Å². The molecule has 0 radical (unpaired) electrons. The zero-order chi connectivity index (χ0) is 15.4. The van der Waals surface area contributed by atoms with Gasteiger partial charge in [-0.05, 0) is 18.4 Å². The summed E-state index contributed by atoms with van der Waals surface area (Å²) in [5, 5.41) is 2.10. The topological polar surface area (TPSA) is 47.7 Å². The molecular weight excluding hydrogens is 284 g/mol. The smallest absolute Gasteiger partial charge is 0.162 e. The first-order valence-electron chi connectivity index (χ1n) is 6.83. The number of likely N-dealkylation sites (N-methyl/N-ethyl adjacent to an activating group) is 1. The maximum absolute atomic E-state index is 6.16. The standard InChI is InChI=1S/C16H22N2O2S/c1-11(8-12-6-5-7-21-12)18(2)14-10-16(20-4)15(19-3)9-13(14)17/h5-7,9-11H,8,17H2,1-4H3. The maximum atomic E-state index is 6.16. The summed E-state index contributed by atoms with van der Waals surface area (Å²) in [4.78, 5) is 3.55. The number of hydrogen-bond donors (Lipinski definition) is 1. The molecule has 1 aromatic heterocycles. The molecule has 1 atom stereocenters. The van der Waals surface area contributed by atoms with Crippen LogP contribution in [0.3, 0.4) is 0 Å². The van der Waals surface area contributed by atoms with Crippen molar-refractivity contribution in [1.29, 1.82) is 0 Å². The van der Waals surface area contributed by atoms with Gasteiger partial charge in [0.05, 0.1) is 25.6 Å². The number of nitrogens with two attached hydrogens (primary N) is 1. The van der Waals surface area contributed by atoms with Crippen LogP contribution in [-0.4, -0.2) is 27.3 Å². The Morgan fingerprint density at radius 3 is 2.48 bits per heavy atom. The van der Waals surface area contributed by atoms with Gasteiger partial charge in [-0.15, -0.1) is 11.3 Å². The minimum Gasteiger partial charge on any atom is -0.493 e. The number of anilines is 2. The number of thiophene rings is 1. The molecule has 5 heteroatoms. The van der Waals surface area contributed by atoms with Crippen LogP contribution in [0, 0.1) is 0 Å². The van der Waals surface area contributed by atoms with Gasteiger partial charge in [0.1, 0.15) is 0 Å². The van der Waals surface area contributed by atoms with Gasteiger partial charge in [0.25, 0.3) is 0 Å². The number of benzene rings is 1. The highest BCUT2D eigenvalue weighted by atomic mass is 32.1. The summed E-state index contributed by atoms with van der Waals surface area (Å²) in [6.45, 7) is 2.19. The molecule has 0 saturated heterocycles. The lowest BCUT2D eigenvalue weighted by Crippen LogP contribution is -2.31. The van der Waals surface area contributed by atoms with Crippen molar-refractivity contribution in [2.45, 2.75) is 19.4 Å². The van der Waals surface area contributed by atoms with E-state index in [4.69, 9.17) is 15.2 Å². The van der Waals surface area contributed by atoms with E-state index >= 15 is 0 Å². The average molecular weight is 306 g/mol. The lowest BCUT2D eigenvalue weighted by Gasteiger charge is -2.28. The molecule has 0 bridgehead atoms. The summed E-state index contributed by atoms with van der Waals surface area (Å²) in [6.07, 6.45) is 0.988. The summed E-state index contributed by atoms with van der Waals surface area (Å²) in [5.41, 5.74) is 7.80. The van der Waals surface area contributed by atoms with Gasteiger partial charge >= 0.3 is 0 Å². The zero-order valence-electron chi connectivity index (χ0n) is 12.9. The molecule has 114 valence electrons. The Morgan fingerprint density at radius 1 is 1.24 bits per heavy atom. The molecule has 2 N–H and O–H groups in total. The van der Waals surface area contributed by atoms with Crippen LogP contribution in [0.25, 0.3) is 0 Å². The molecular formula is C16H22N2O2S. The highest BCUT2D eigenvalue weighted by Gasteiger charge is 2.17. The quantitative estimate of drug-likeness (QED) is 0.831. The Morgan fingerprint density at radius 2 is 1.90 bits per heavy atom. The van der Waals surface area contributed by atoms with E-state index in [1.165, 1.54) is 4.88 Å². The molecule has 0 saturated carbocycles. The molecule has 2 aromatic rings. The van der Waals surface area contributed by atoms with Crippen LogP contribution in [0.15, 0.2) is 29.6 Å².